The van der Waals surface area contributed by atoms with Gasteiger partial charge >= 0.3 is 5.97 Å². The van der Waals surface area contributed by atoms with Crippen LogP contribution in [0, 0.1) is 18.3 Å². The van der Waals surface area contributed by atoms with Gasteiger partial charge in [-0.15, -0.1) is 0 Å². The molecule has 0 saturated heterocycles. The van der Waals surface area contributed by atoms with Gasteiger partial charge in [0, 0.05) is 11.2 Å². The lowest BCUT2D eigenvalue weighted by Gasteiger charge is -2.12. The molecule has 2 heterocycles. The summed E-state index contributed by atoms with van der Waals surface area (Å²) in [6.45, 7) is 3.79. The van der Waals surface area contributed by atoms with Crippen molar-refractivity contribution in [2.24, 2.45) is 0 Å². The molecule has 0 fully saturated rings. The Balaban J connectivity index is 2.19. The average molecular weight is 389 g/mol. The number of hydrogen-bond donors (Lipinski definition) is 1. The van der Waals surface area contributed by atoms with E-state index in [1.807, 2.05) is 0 Å². The van der Waals surface area contributed by atoms with E-state index in [0.29, 0.717) is 43.6 Å². The van der Waals surface area contributed by atoms with Crippen LogP contribution in [-0.4, -0.2) is 22.2 Å². The van der Waals surface area contributed by atoms with E-state index in [-0.39, 0.29) is 6.61 Å². The summed E-state index contributed by atoms with van der Waals surface area (Å²) in [6.07, 6.45) is 3.01. The van der Waals surface area contributed by atoms with Crippen LogP contribution in [0.15, 0.2) is 30.6 Å². The van der Waals surface area contributed by atoms with Gasteiger partial charge in [0.05, 0.1) is 45.8 Å². The standard InChI is InChI=1S/C18H14Cl2N4O2/c1-3-26-18(25)13-9-24-17(10(13)2)16(11(7-21)8-22-24)23-15-5-4-12(19)6-14(15)20/h4-6,8-9,23H,3H2,1-2H3. The maximum Gasteiger partial charge on any atom is 0.340 e. The molecule has 8 heteroatoms. The molecule has 0 spiro atoms. The minimum atomic E-state index is -0.440. The number of aryl methyl sites for hydroxylation is 1. The number of carbonyl (C=O) groups excluding carboxylic acids is 1. The van der Waals surface area contributed by atoms with Crippen molar-refractivity contribution in [2.75, 3.05) is 11.9 Å². The summed E-state index contributed by atoms with van der Waals surface area (Å²) in [5.74, 6) is -0.440. The zero-order valence-corrected chi connectivity index (χ0v) is 15.5. The molecule has 1 N–H and O–H groups in total. The Hall–Kier alpha value is -2.75. The maximum atomic E-state index is 12.2. The monoisotopic (exact) mass is 388 g/mol. The summed E-state index contributed by atoms with van der Waals surface area (Å²) >= 11 is 12.2. The van der Waals surface area contributed by atoms with Gasteiger partial charge in [0.25, 0.3) is 0 Å². The van der Waals surface area contributed by atoms with Crippen molar-refractivity contribution in [1.29, 1.82) is 5.26 Å². The quantitative estimate of drug-likeness (QED) is 0.652. The molecular weight excluding hydrogens is 375 g/mol. The van der Waals surface area contributed by atoms with Crippen molar-refractivity contribution in [3.63, 3.8) is 0 Å². The number of nitrogens with one attached hydrogen (secondary N) is 1. The minimum absolute atomic E-state index is 0.271. The van der Waals surface area contributed by atoms with Gasteiger partial charge in [0.1, 0.15) is 6.07 Å². The second kappa shape index (κ2) is 7.24. The van der Waals surface area contributed by atoms with Gasteiger partial charge in [-0.05, 0) is 37.6 Å². The van der Waals surface area contributed by atoms with Gasteiger partial charge in [-0.25, -0.2) is 9.31 Å². The Morgan fingerprint density at radius 2 is 2.19 bits per heavy atom. The van der Waals surface area contributed by atoms with Gasteiger partial charge in [0.15, 0.2) is 0 Å². The first kappa shape index (κ1) is 18.1. The SMILES string of the molecule is CCOC(=O)c1cn2ncc(C#N)c(Nc3ccc(Cl)cc3Cl)c2c1C. The molecule has 2 aromatic heterocycles. The number of halogens is 2. The second-order valence-corrected chi connectivity index (χ2v) is 6.32. The fourth-order valence-corrected chi connectivity index (χ4v) is 3.10. The number of fused-ring (bicyclic) bond motifs is 1. The van der Waals surface area contributed by atoms with Crippen molar-refractivity contribution in [1.82, 2.24) is 9.61 Å². The molecule has 26 heavy (non-hydrogen) atoms. The van der Waals surface area contributed by atoms with E-state index in [2.05, 4.69) is 16.5 Å². The number of nitriles is 1. The van der Waals surface area contributed by atoms with Gasteiger partial charge in [-0.3, -0.25) is 0 Å². The van der Waals surface area contributed by atoms with Gasteiger partial charge in [0.2, 0.25) is 0 Å². The first-order valence-electron chi connectivity index (χ1n) is 7.76. The van der Waals surface area contributed by atoms with Crippen LogP contribution in [-0.2, 0) is 4.74 Å². The van der Waals surface area contributed by atoms with Crippen LogP contribution in [0.5, 0.6) is 0 Å². The van der Waals surface area contributed by atoms with Crippen LogP contribution < -0.4 is 5.32 Å². The number of rotatable bonds is 4. The molecule has 0 atom stereocenters. The molecular formula is C18H14Cl2N4O2. The number of anilines is 2. The Morgan fingerprint density at radius 1 is 1.42 bits per heavy atom. The zero-order chi connectivity index (χ0) is 18.8. The summed E-state index contributed by atoms with van der Waals surface area (Å²) in [5.41, 5.74) is 3.04. The van der Waals surface area contributed by atoms with Crippen molar-refractivity contribution < 1.29 is 9.53 Å². The van der Waals surface area contributed by atoms with Crippen molar-refractivity contribution in [2.45, 2.75) is 13.8 Å². The van der Waals surface area contributed by atoms with Crippen LogP contribution in [0.3, 0.4) is 0 Å². The highest BCUT2D eigenvalue weighted by atomic mass is 35.5. The molecule has 0 saturated carbocycles. The van der Waals surface area contributed by atoms with E-state index >= 15 is 0 Å². The number of esters is 1. The van der Waals surface area contributed by atoms with Crippen molar-refractivity contribution in [3.8, 4) is 6.07 Å². The van der Waals surface area contributed by atoms with E-state index in [1.54, 1.807) is 38.2 Å². The largest absolute Gasteiger partial charge is 0.462 e. The number of hydrogen-bond acceptors (Lipinski definition) is 5. The van der Waals surface area contributed by atoms with Gasteiger partial charge < -0.3 is 10.1 Å². The van der Waals surface area contributed by atoms with Gasteiger partial charge in [-0.2, -0.15) is 10.4 Å². The topological polar surface area (TPSA) is 79.4 Å². The van der Waals surface area contributed by atoms with Crippen LogP contribution in [0.25, 0.3) is 5.52 Å². The summed E-state index contributed by atoms with van der Waals surface area (Å²) in [6, 6.07) is 7.11. The fraction of sp³-hybridized carbons (Fsp3) is 0.167. The van der Waals surface area contributed by atoms with Crippen LogP contribution in [0.2, 0.25) is 10.0 Å². The molecule has 0 bridgehead atoms. The number of carbonyl (C=O) groups is 1. The molecule has 0 unspecified atom stereocenters. The smallest absolute Gasteiger partial charge is 0.340 e. The average Bonchev–Trinajstić information content (AvgIpc) is 2.95. The van der Waals surface area contributed by atoms with E-state index in [0.717, 1.165) is 0 Å². The zero-order valence-electron chi connectivity index (χ0n) is 14.0. The highest BCUT2D eigenvalue weighted by Gasteiger charge is 2.20. The predicted octanol–water partition coefficient (Wildman–Crippen LogP) is 4.74. The van der Waals surface area contributed by atoms with Crippen LogP contribution >= 0.6 is 23.2 Å². The summed E-state index contributed by atoms with van der Waals surface area (Å²) in [5, 5.41) is 17.8. The van der Waals surface area contributed by atoms with E-state index < -0.39 is 5.97 Å². The number of ether oxygens (including phenoxy) is 1. The third kappa shape index (κ3) is 3.19. The number of nitrogens with zero attached hydrogens (tertiary/aromatic N) is 3. The Morgan fingerprint density at radius 3 is 2.85 bits per heavy atom. The number of aromatic nitrogens is 2. The first-order valence-corrected chi connectivity index (χ1v) is 8.52. The molecule has 6 nitrogen and oxygen atoms in total. The maximum absolute atomic E-state index is 12.2. The van der Waals surface area contributed by atoms with E-state index in [1.165, 1.54) is 10.7 Å². The van der Waals surface area contributed by atoms with Crippen LogP contribution in [0.4, 0.5) is 11.4 Å². The molecule has 0 amide bonds. The molecule has 0 aliphatic rings. The summed E-state index contributed by atoms with van der Waals surface area (Å²) < 4.78 is 6.62. The lowest BCUT2D eigenvalue weighted by molar-refractivity contribution is 0.0525. The third-order valence-electron chi connectivity index (χ3n) is 3.86. The molecule has 132 valence electrons. The highest BCUT2D eigenvalue weighted by molar-refractivity contribution is 6.36. The molecule has 1 aromatic carbocycles. The van der Waals surface area contributed by atoms with Gasteiger partial charge in [-0.1, -0.05) is 23.2 Å². The predicted molar refractivity (Wildman–Crippen MR) is 100 cm³/mol. The lowest BCUT2D eigenvalue weighted by Crippen LogP contribution is -2.04. The normalized spacial score (nSPS) is 10.6. The molecule has 0 radical (unpaired) electrons. The third-order valence-corrected chi connectivity index (χ3v) is 4.41. The Bertz CT molecular complexity index is 1050. The van der Waals surface area contributed by atoms with E-state index in [9.17, 15) is 10.1 Å². The number of benzene rings is 1. The fourth-order valence-electron chi connectivity index (χ4n) is 2.64. The lowest BCUT2D eigenvalue weighted by atomic mass is 10.1. The molecule has 0 aliphatic heterocycles. The molecule has 0 aliphatic carbocycles. The highest BCUT2D eigenvalue weighted by Crippen LogP contribution is 2.33. The van der Waals surface area contributed by atoms with Crippen molar-refractivity contribution >= 4 is 46.1 Å². The summed E-state index contributed by atoms with van der Waals surface area (Å²) in [4.78, 5) is 12.2. The Kier molecular flexibility index (Phi) is 5.03. The van der Waals surface area contributed by atoms with E-state index in [4.69, 9.17) is 27.9 Å². The molecule has 3 aromatic rings. The second-order valence-electron chi connectivity index (χ2n) is 5.48. The van der Waals surface area contributed by atoms with Crippen molar-refractivity contribution in [3.05, 3.63) is 57.3 Å². The van der Waals surface area contributed by atoms with Crippen LogP contribution in [0.1, 0.15) is 28.4 Å². The minimum Gasteiger partial charge on any atom is -0.462 e. The first-order chi connectivity index (χ1) is 12.5. The molecule has 3 rings (SSSR count). The summed E-state index contributed by atoms with van der Waals surface area (Å²) in [7, 11) is 0. The Labute approximate surface area is 159 Å².